The van der Waals surface area contributed by atoms with Crippen molar-refractivity contribution in [1.29, 1.82) is 0 Å². The van der Waals surface area contributed by atoms with E-state index in [0.717, 1.165) is 7.11 Å². The molecule has 0 fully saturated rings. The van der Waals surface area contributed by atoms with Crippen molar-refractivity contribution in [2.24, 2.45) is 0 Å². The molecule has 2 unspecified atom stereocenters. The number of halogens is 7. The van der Waals surface area contributed by atoms with Crippen LogP contribution in [0.3, 0.4) is 0 Å². The molecule has 1 aromatic rings. The quantitative estimate of drug-likeness (QED) is 0.687. The number of alkyl halides is 3. The first-order valence-corrected chi connectivity index (χ1v) is 5.07. The second kappa shape index (κ2) is 5.92. The van der Waals surface area contributed by atoms with Gasteiger partial charge in [0.15, 0.2) is 17.7 Å². The van der Waals surface area contributed by atoms with Crippen LogP contribution in [0.25, 0.3) is 0 Å². The zero-order valence-electron chi connectivity index (χ0n) is 9.81. The summed E-state index contributed by atoms with van der Waals surface area (Å²) in [5.41, 5.74) is -1.40. The summed E-state index contributed by atoms with van der Waals surface area (Å²) in [5, 5.41) is 8.82. The molecular weight excluding hydrogens is 299 g/mol. The summed E-state index contributed by atoms with van der Waals surface area (Å²) >= 11 is 0. The van der Waals surface area contributed by atoms with Crippen molar-refractivity contribution in [2.45, 2.75) is 24.8 Å². The van der Waals surface area contributed by atoms with Crippen LogP contribution in [-0.2, 0) is 4.74 Å². The van der Waals surface area contributed by atoms with Crippen LogP contribution in [-0.4, -0.2) is 29.5 Å². The molecule has 1 heterocycles. The van der Waals surface area contributed by atoms with Gasteiger partial charge in [0.25, 0.3) is 11.9 Å². The van der Waals surface area contributed by atoms with Crippen LogP contribution in [0.5, 0.6) is 0 Å². The minimum Gasteiger partial charge on any atom is -0.384 e. The Kier molecular flexibility index (Phi) is 4.92. The molecular formula is C10H8F7NO2. The third kappa shape index (κ3) is 3.37. The summed E-state index contributed by atoms with van der Waals surface area (Å²) in [5.74, 6) is -8.01. The predicted molar refractivity (Wildman–Crippen MR) is 50.5 cm³/mol. The van der Waals surface area contributed by atoms with E-state index in [1.54, 1.807) is 0 Å². The maximum absolute atomic E-state index is 13.3. The van der Waals surface area contributed by atoms with Crippen molar-refractivity contribution in [2.75, 3.05) is 7.11 Å². The highest BCUT2D eigenvalue weighted by Crippen LogP contribution is 2.33. The van der Waals surface area contributed by atoms with Crippen molar-refractivity contribution in [3.63, 3.8) is 0 Å². The van der Waals surface area contributed by atoms with E-state index >= 15 is 0 Å². The molecule has 0 saturated heterocycles. The van der Waals surface area contributed by atoms with Gasteiger partial charge in [0.05, 0.1) is 11.7 Å². The summed E-state index contributed by atoms with van der Waals surface area (Å²) < 4.78 is 93.3. The third-order valence-electron chi connectivity index (χ3n) is 2.45. The first-order valence-electron chi connectivity index (χ1n) is 5.07. The van der Waals surface area contributed by atoms with E-state index < -0.39 is 53.9 Å². The van der Waals surface area contributed by atoms with Crippen LogP contribution in [0, 0.1) is 23.5 Å². The summed E-state index contributed by atoms with van der Waals surface area (Å²) in [7, 11) is 0.767. The van der Waals surface area contributed by atoms with Crippen LogP contribution < -0.4 is 0 Å². The lowest BCUT2D eigenvalue weighted by molar-refractivity contribution is -0.212. The van der Waals surface area contributed by atoms with Gasteiger partial charge in [-0.3, -0.25) is 0 Å². The van der Waals surface area contributed by atoms with Gasteiger partial charge in [-0.2, -0.15) is 26.9 Å². The molecule has 3 nitrogen and oxygen atoms in total. The van der Waals surface area contributed by atoms with Crippen LogP contribution >= 0.6 is 0 Å². The lowest BCUT2D eigenvalue weighted by atomic mass is 10.0. The minimum absolute atomic E-state index is 0.767. The van der Waals surface area contributed by atoms with Crippen molar-refractivity contribution in [1.82, 2.24) is 4.98 Å². The Labute approximate surface area is 108 Å². The molecule has 10 heteroatoms. The van der Waals surface area contributed by atoms with E-state index in [1.165, 1.54) is 0 Å². The Hall–Kier alpha value is -1.42. The van der Waals surface area contributed by atoms with Crippen molar-refractivity contribution in [3.05, 3.63) is 29.1 Å². The van der Waals surface area contributed by atoms with Gasteiger partial charge in [0.1, 0.15) is 0 Å². The van der Waals surface area contributed by atoms with Crippen LogP contribution in [0.1, 0.15) is 18.1 Å². The Morgan fingerprint density at radius 1 is 1.10 bits per heavy atom. The molecule has 0 aliphatic rings. The molecule has 1 aromatic heterocycles. The average molecular weight is 307 g/mol. The van der Waals surface area contributed by atoms with Gasteiger partial charge in [0, 0.05) is 13.5 Å². The van der Waals surface area contributed by atoms with E-state index in [0.29, 0.717) is 0 Å². The van der Waals surface area contributed by atoms with Gasteiger partial charge >= 0.3 is 6.18 Å². The SMILES string of the molecule is COC(CC(O)C(F)(F)F)c1c(F)c(F)nc(F)c1F. The number of hydrogen-bond donors (Lipinski definition) is 1. The van der Waals surface area contributed by atoms with Gasteiger partial charge in [-0.15, -0.1) is 0 Å². The molecule has 0 saturated carbocycles. The molecule has 0 radical (unpaired) electrons. The number of aromatic nitrogens is 1. The highest BCUT2D eigenvalue weighted by molar-refractivity contribution is 5.20. The number of methoxy groups -OCH3 is 1. The highest BCUT2D eigenvalue weighted by atomic mass is 19.4. The van der Waals surface area contributed by atoms with Gasteiger partial charge in [-0.1, -0.05) is 0 Å². The molecule has 1 rings (SSSR count). The van der Waals surface area contributed by atoms with Crippen LogP contribution in [0.15, 0.2) is 0 Å². The fourth-order valence-electron chi connectivity index (χ4n) is 1.45. The summed E-state index contributed by atoms with van der Waals surface area (Å²) in [6.45, 7) is 0. The predicted octanol–water partition coefficient (Wildman–Crippen LogP) is 2.64. The Balaban J connectivity index is 3.20. The summed E-state index contributed by atoms with van der Waals surface area (Å²) in [4.78, 5) is 2.25. The fraction of sp³-hybridized carbons (Fsp3) is 0.500. The summed E-state index contributed by atoms with van der Waals surface area (Å²) in [6.07, 6.45) is -11.4. The van der Waals surface area contributed by atoms with Crippen molar-refractivity contribution in [3.8, 4) is 0 Å². The fourth-order valence-corrected chi connectivity index (χ4v) is 1.45. The molecule has 2 atom stereocenters. The van der Waals surface area contributed by atoms with Crippen molar-refractivity contribution >= 4 is 0 Å². The first kappa shape index (κ1) is 16.6. The van der Waals surface area contributed by atoms with Crippen LogP contribution in [0.2, 0.25) is 0 Å². The van der Waals surface area contributed by atoms with E-state index in [4.69, 9.17) is 5.11 Å². The van der Waals surface area contributed by atoms with Gasteiger partial charge < -0.3 is 9.84 Å². The average Bonchev–Trinajstić information content (AvgIpc) is 2.34. The maximum atomic E-state index is 13.3. The lowest BCUT2D eigenvalue weighted by Crippen LogP contribution is -2.31. The number of rotatable bonds is 4. The normalized spacial score (nSPS) is 15.2. The number of aliphatic hydroxyl groups excluding tert-OH is 1. The summed E-state index contributed by atoms with van der Waals surface area (Å²) in [6, 6.07) is 0. The standard InChI is InChI=1S/C10H8F7NO2/c1-20-3(2-4(19)10(15,16)17)5-6(11)8(13)18-9(14)7(5)12/h3-4,19H,2H2,1H3. The molecule has 0 bridgehead atoms. The highest BCUT2D eigenvalue weighted by Gasteiger charge is 2.41. The van der Waals surface area contributed by atoms with Crippen LogP contribution in [0.4, 0.5) is 30.7 Å². The molecule has 20 heavy (non-hydrogen) atoms. The van der Waals surface area contributed by atoms with E-state index in [1.807, 2.05) is 0 Å². The van der Waals surface area contributed by atoms with E-state index in [2.05, 4.69) is 9.72 Å². The van der Waals surface area contributed by atoms with E-state index in [9.17, 15) is 30.7 Å². The Bertz CT molecular complexity index is 465. The monoisotopic (exact) mass is 307 g/mol. The molecule has 0 amide bonds. The van der Waals surface area contributed by atoms with E-state index in [-0.39, 0.29) is 0 Å². The van der Waals surface area contributed by atoms with Crippen molar-refractivity contribution < 1.29 is 40.6 Å². The number of ether oxygens (including phenoxy) is 1. The second-order valence-corrected chi connectivity index (χ2v) is 3.75. The number of nitrogens with zero attached hydrogens (tertiary/aromatic N) is 1. The Morgan fingerprint density at radius 3 is 1.90 bits per heavy atom. The minimum atomic E-state index is -5.08. The zero-order valence-corrected chi connectivity index (χ0v) is 9.81. The zero-order chi connectivity index (χ0) is 15.7. The smallest absolute Gasteiger partial charge is 0.384 e. The largest absolute Gasteiger partial charge is 0.414 e. The molecule has 114 valence electrons. The molecule has 0 aliphatic heterocycles. The maximum Gasteiger partial charge on any atom is 0.414 e. The molecule has 0 spiro atoms. The molecule has 0 aliphatic carbocycles. The molecule has 0 aromatic carbocycles. The third-order valence-corrected chi connectivity index (χ3v) is 2.45. The van der Waals surface area contributed by atoms with Gasteiger partial charge in [-0.05, 0) is 0 Å². The lowest BCUT2D eigenvalue weighted by Gasteiger charge is -2.22. The van der Waals surface area contributed by atoms with Gasteiger partial charge in [-0.25, -0.2) is 8.78 Å². The van der Waals surface area contributed by atoms with Gasteiger partial charge in [0.2, 0.25) is 0 Å². The topological polar surface area (TPSA) is 42.4 Å². The Morgan fingerprint density at radius 2 is 1.55 bits per heavy atom. The first-order chi connectivity index (χ1) is 9.09. The number of hydrogen-bond acceptors (Lipinski definition) is 3. The molecule has 1 N–H and O–H groups in total. The second-order valence-electron chi connectivity index (χ2n) is 3.75. The number of pyridine rings is 1. The number of aliphatic hydroxyl groups is 1.